The lowest BCUT2D eigenvalue weighted by Crippen LogP contribution is -2.30. The standard InChI is InChI=1S/C13H26O/c1-5-12(4)14-9-13-10(2)7-6-8-11(13)3/h10-13H,5-9H2,1-4H3/t10-,11+,12?,13?. The molecular weight excluding hydrogens is 172 g/mol. The van der Waals surface area contributed by atoms with E-state index in [9.17, 15) is 0 Å². The van der Waals surface area contributed by atoms with Gasteiger partial charge in [0.2, 0.25) is 0 Å². The highest BCUT2D eigenvalue weighted by atomic mass is 16.5. The Hall–Kier alpha value is -0.0400. The maximum absolute atomic E-state index is 5.87. The summed E-state index contributed by atoms with van der Waals surface area (Å²) in [6.45, 7) is 10.1. The molecule has 0 saturated heterocycles. The monoisotopic (exact) mass is 198 g/mol. The molecule has 0 N–H and O–H groups in total. The summed E-state index contributed by atoms with van der Waals surface area (Å²) in [6.07, 6.45) is 5.80. The first-order chi connectivity index (χ1) is 6.65. The van der Waals surface area contributed by atoms with Crippen molar-refractivity contribution in [1.29, 1.82) is 0 Å². The second-order valence-corrected chi connectivity index (χ2v) is 5.10. The third-order valence-electron chi connectivity index (χ3n) is 3.93. The third-order valence-corrected chi connectivity index (χ3v) is 3.93. The Kier molecular flexibility index (Phi) is 4.94. The Morgan fingerprint density at radius 1 is 1.21 bits per heavy atom. The topological polar surface area (TPSA) is 9.23 Å². The van der Waals surface area contributed by atoms with Crippen LogP contribution in [0.1, 0.15) is 53.4 Å². The molecule has 0 amide bonds. The molecule has 0 aliphatic heterocycles. The molecule has 0 aromatic heterocycles. The summed E-state index contributed by atoms with van der Waals surface area (Å²) < 4.78 is 5.87. The molecule has 0 heterocycles. The average molecular weight is 198 g/mol. The molecule has 1 fully saturated rings. The minimum atomic E-state index is 0.441. The van der Waals surface area contributed by atoms with E-state index in [1.807, 2.05) is 0 Å². The van der Waals surface area contributed by atoms with Crippen LogP contribution in [0.3, 0.4) is 0 Å². The number of rotatable bonds is 4. The predicted octanol–water partition coefficient (Wildman–Crippen LogP) is 3.87. The van der Waals surface area contributed by atoms with Gasteiger partial charge in [-0.05, 0) is 31.1 Å². The largest absolute Gasteiger partial charge is 0.378 e. The number of hydrogen-bond acceptors (Lipinski definition) is 1. The Bertz CT molecular complexity index is 145. The predicted molar refractivity (Wildman–Crippen MR) is 61.4 cm³/mol. The van der Waals surface area contributed by atoms with Crippen LogP contribution in [0.15, 0.2) is 0 Å². The van der Waals surface area contributed by atoms with Crippen LogP contribution >= 0.6 is 0 Å². The lowest BCUT2D eigenvalue weighted by molar-refractivity contribution is -0.00261. The summed E-state index contributed by atoms with van der Waals surface area (Å²) in [4.78, 5) is 0. The van der Waals surface area contributed by atoms with Gasteiger partial charge in [0.05, 0.1) is 12.7 Å². The zero-order valence-corrected chi connectivity index (χ0v) is 10.3. The molecular formula is C13H26O. The van der Waals surface area contributed by atoms with Gasteiger partial charge in [0.15, 0.2) is 0 Å². The molecule has 0 bridgehead atoms. The van der Waals surface area contributed by atoms with E-state index in [4.69, 9.17) is 4.74 Å². The van der Waals surface area contributed by atoms with Crippen molar-refractivity contribution in [2.75, 3.05) is 6.61 Å². The maximum atomic E-state index is 5.87. The van der Waals surface area contributed by atoms with E-state index >= 15 is 0 Å². The fraction of sp³-hybridized carbons (Fsp3) is 1.00. The van der Waals surface area contributed by atoms with Crippen LogP contribution in [-0.2, 0) is 4.74 Å². The summed E-state index contributed by atoms with van der Waals surface area (Å²) in [6, 6.07) is 0. The lowest BCUT2D eigenvalue weighted by Gasteiger charge is -2.35. The highest BCUT2D eigenvalue weighted by Crippen LogP contribution is 2.34. The van der Waals surface area contributed by atoms with E-state index < -0.39 is 0 Å². The summed E-state index contributed by atoms with van der Waals surface area (Å²) in [7, 11) is 0. The van der Waals surface area contributed by atoms with E-state index in [1.165, 1.54) is 19.3 Å². The molecule has 14 heavy (non-hydrogen) atoms. The van der Waals surface area contributed by atoms with Crippen LogP contribution < -0.4 is 0 Å². The molecule has 0 aromatic carbocycles. The zero-order chi connectivity index (χ0) is 10.6. The SMILES string of the molecule is CCC(C)OCC1[C@H](C)CCC[C@@H]1C. The molecule has 1 rings (SSSR count). The Morgan fingerprint density at radius 3 is 2.29 bits per heavy atom. The minimum Gasteiger partial charge on any atom is -0.378 e. The van der Waals surface area contributed by atoms with Gasteiger partial charge in [0.1, 0.15) is 0 Å². The Balaban J connectivity index is 2.32. The molecule has 0 spiro atoms. The van der Waals surface area contributed by atoms with E-state index in [0.29, 0.717) is 6.10 Å². The molecule has 4 atom stereocenters. The number of ether oxygens (including phenoxy) is 1. The van der Waals surface area contributed by atoms with E-state index in [1.54, 1.807) is 0 Å². The van der Waals surface area contributed by atoms with Gasteiger partial charge < -0.3 is 4.74 Å². The molecule has 0 aromatic rings. The van der Waals surface area contributed by atoms with Gasteiger partial charge in [-0.25, -0.2) is 0 Å². The lowest BCUT2D eigenvalue weighted by atomic mass is 9.74. The van der Waals surface area contributed by atoms with E-state index in [0.717, 1.165) is 30.8 Å². The first-order valence-corrected chi connectivity index (χ1v) is 6.26. The van der Waals surface area contributed by atoms with Crippen molar-refractivity contribution in [3.05, 3.63) is 0 Å². The summed E-state index contributed by atoms with van der Waals surface area (Å²) >= 11 is 0. The average Bonchev–Trinajstić information content (AvgIpc) is 2.16. The first kappa shape index (κ1) is 12.0. The Labute approximate surface area is 89.2 Å². The molecule has 84 valence electrons. The molecule has 1 nitrogen and oxygen atoms in total. The minimum absolute atomic E-state index is 0.441. The van der Waals surface area contributed by atoms with Crippen LogP contribution in [0.25, 0.3) is 0 Å². The second kappa shape index (κ2) is 5.75. The van der Waals surface area contributed by atoms with E-state index in [2.05, 4.69) is 27.7 Å². The fourth-order valence-electron chi connectivity index (χ4n) is 2.47. The summed E-state index contributed by atoms with van der Waals surface area (Å²) in [5.41, 5.74) is 0. The highest BCUT2D eigenvalue weighted by molar-refractivity contribution is 4.77. The van der Waals surface area contributed by atoms with Gasteiger partial charge in [-0.15, -0.1) is 0 Å². The van der Waals surface area contributed by atoms with Crippen LogP contribution in [0, 0.1) is 17.8 Å². The normalized spacial score (nSPS) is 35.6. The molecule has 0 radical (unpaired) electrons. The van der Waals surface area contributed by atoms with Crippen LogP contribution in [0.2, 0.25) is 0 Å². The summed E-state index contributed by atoms with van der Waals surface area (Å²) in [5.74, 6) is 2.53. The summed E-state index contributed by atoms with van der Waals surface area (Å²) in [5, 5.41) is 0. The van der Waals surface area contributed by atoms with Crippen LogP contribution in [0.4, 0.5) is 0 Å². The molecule has 1 aliphatic carbocycles. The third kappa shape index (κ3) is 3.27. The second-order valence-electron chi connectivity index (χ2n) is 5.10. The van der Waals surface area contributed by atoms with Gasteiger partial charge in [-0.2, -0.15) is 0 Å². The van der Waals surface area contributed by atoms with Crippen molar-refractivity contribution < 1.29 is 4.74 Å². The van der Waals surface area contributed by atoms with Crippen molar-refractivity contribution in [1.82, 2.24) is 0 Å². The Morgan fingerprint density at radius 2 is 1.79 bits per heavy atom. The first-order valence-electron chi connectivity index (χ1n) is 6.26. The van der Waals surface area contributed by atoms with Crippen molar-refractivity contribution in [3.63, 3.8) is 0 Å². The quantitative estimate of drug-likeness (QED) is 0.666. The van der Waals surface area contributed by atoms with Crippen molar-refractivity contribution in [2.45, 2.75) is 59.5 Å². The molecule has 1 saturated carbocycles. The molecule has 1 heteroatoms. The molecule has 1 aliphatic rings. The van der Waals surface area contributed by atoms with Crippen LogP contribution in [0.5, 0.6) is 0 Å². The van der Waals surface area contributed by atoms with Crippen molar-refractivity contribution in [2.24, 2.45) is 17.8 Å². The van der Waals surface area contributed by atoms with Gasteiger partial charge in [-0.1, -0.05) is 40.0 Å². The van der Waals surface area contributed by atoms with Gasteiger partial charge in [0.25, 0.3) is 0 Å². The maximum Gasteiger partial charge on any atom is 0.0544 e. The highest BCUT2D eigenvalue weighted by Gasteiger charge is 2.27. The van der Waals surface area contributed by atoms with Gasteiger partial charge in [0, 0.05) is 0 Å². The van der Waals surface area contributed by atoms with Gasteiger partial charge >= 0.3 is 0 Å². The van der Waals surface area contributed by atoms with Crippen molar-refractivity contribution in [3.8, 4) is 0 Å². The van der Waals surface area contributed by atoms with Gasteiger partial charge in [-0.3, -0.25) is 0 Å². The van der Waals surface area contributed by atoms with E-state index in [-0.39, 0.29) is 0 Å². The number of hydrogen-bond donors (Lipinski definition) is 0. The smallest absolute Gasteiger partial charge is 0.0544 e. The fourth-order valence-corrected chi connectivity index (χ4v) is 2.47. The zero-order valence-electron chi connectivity index (χ0n) is 10.3. The molecule has 2 unspecified atom stereocenters. The van der Waals surface area contributed by atoms with Crippen molar-refractivity contribution >= 4 is 0 Å². The van der Waals surface area contributed by atoms with Crippen LogP contribution in [-0.4, -0.2) is 12.7 Å².